The lowest BCUT2D eigenvalue weighted by molar-refractivity contribution is 0.264. The van der Waals surface area contributed by atoms with Gasteiger partial charge in [0, 0.05) is 5.56 Å². The fraction of sp³-hybridized carbons (Fsp3) is 0.308. The number of oxazole rings is 1. The van der Waals surface area contributed by atoms with Gasteiger partial charge in [-0.2, -0.15) is 0 Å². The minimum atomic E-state index is 0.242. The number of aromatic nitrogens is 1. The first-order chi connectivity index (χ1) is 8.88. The maximum Gasteiger partial charge on any atom is 0.255 e. The van der Waals surface area contributed by atoms with E-state index in [0.717, 1.165) is 5.75 Å². The van der Waals surface area contributed by atoms with Crippen LogP contribution in [0.5, 0.6) is 5.75 Å². The van der Waals surface area contributed by atoms with Gasteiger partial charge in [0.2, 0.25) is 0 Å². The highest BCUT2D eigenvalue weighted by Gasteiger charge is 2.31. The van der Waals surface area contributed by atoms with E-state index >= 15 is 0 Å². The Kier molecular flexibility index (Phi) is 3.25. The lowest BCUT2D eigenvalue weighted by Crippen LogP contribution is -2.35. The van der Waals surface area contributed by atoms with Gasteiger partial charge in [-0.3, -0.25) is 0 Å². The van der Waals surface area contributed by atoms with Crippen molar-refractivity contribution >= 4 is 11.8 Å². The van der Waals surface area contributed by atoms with Crippen molar-refractivity contribution in [2.45, 2.75) is 16.5 Å². The van der Waals surface area contributed by atoms with E-state index in [1.54, 1.807) is 24.2 Å². The molecule has 1 aromatic carbocycles. The van der Waals surface area contributed by atoms with Gasteiger partial charge in [-0.25, -0.2) is 4.98 Å². The highest BCUT2D eigenvalue weighted by Crippen LogP contribution is 2.39. The maximum atomic E-state index is 5.79. The molecule has 94 valence electrons. The summed E-state index contributed by atoms with van der Waals surface area (Å²) >= 11 is 1.60. The highest BCUT2D eigenvalue weighted by molar-refractivity contribution is 7.99. The largest absolute Gasteiger partial charge is 0.492 e. The minimum Gasteiger partial charge on any atom is -0.492 e. The van der Waals surface area contributed by atoms with Gasteiger partial charge in [0.15, 0.2) is 0 Å². The average Bonchev–Trinajstić information content (AvgIpc) is 2.91. The molecule has 4 nitrogen and oxygen atoms in total. The molecule has 0 aliphatic carbocycles. The molecule has 1 aliphatic heterocycles. The third kappa shape index (κ3) is 2.11. The van der Waals surface area contributed by atoms with Crippen LogP contribution in [0.25, 0.3) is 0 Å². The van der Waals surface area contributed by atoms with Gasteiger partial charge >= 0.3 is 0 Å². The van der Waals surface area contributed by atoms with Crippen molar-refractivity contribution in [1.29, 1.82) is 0 Å². The first-order valence-electron chi connectivity index (χ1n) is 5.83. The zero-order chi connectivity index (χ0) is 12.4. The van der Waals surface area contributed by atoms with E-state index in [1.807, 2.05) is 25.2 Å². The van der Waals surface area contributed by atoms with Gasteiger partial charge in [0.05, 0.1) is 17.5 Å². The first kappa shape index (κ1) is 11.6. The second-order valence-electron chi connectivity index (χ2n) is 4.07. The maximum absolute atomic E-state index is 5.79. The number of benzene rings is 1. The number of fused-ring (bicyclic) bond motifs is 1. The van der Waals surface area contributed by atoms with Crippen LogP contribution >= 0.6 is 11.8 Å². The van der Waals surface area contributed by atoms with Crippen molar-refractivity contribution in [1.82, 2.24) is 10.3 Å². The van der Waals surface area contributed by atoms with Gasteiger partial charge < -0.3 is 14.5 Å². The molecule has 0 spiro atoms. The van der Waals surface area contributed by atoms with E-state index in [9.17, 15) is 0 Å². The van der Waals surface area contributed by atoms with E-state index in [-0.39, 0.29) is 11.3 Å². The van der Waals surface area contributed by atoms with Crippen molar-refractivity contribution < 1.29 is 9.15 Å². The van der Waals surface area contributed by atoms with Crippen molar-refractivity contribution in [3.8, 4) is 5.75 Å². The summed E-state index contributed by atoms with van der Waals surface area (Å²) in [5, 5.41) is 4.29. The van der Waals surface area contributed by atoms with Crippen molar-refractivity contribution in [3.05, 3.63) is 42.3 Å². The molecule has 0 saturated heterocycles. The second kappa shape index (κ2) is 5.04. The second-order valence-corrected chi connectivity index (χ2v) is 5.26. The Hall–Kier alpha value is -1.46. The molecule has 2 heterocycles. The van der Waals surface area contributed by atoms with Crippen LogP contribution in [0.3, 0.4) is 0 Å². The van der Waals surface area contributed by atoms with Crippen molar-refractivity contribution in [2.75, 3.05) is 13.7 Å². The predicted octanol–water partition coefficient (Wildman–Crippen LogP) is 2.49. The Balaban J connectivity index is 1.85. The molecule has 0 saturated carbocycles. The lowest BCUT2D eigenvalue weighted by atomic mass is 10.0. The summed E-state index contributed by atoms with van der Waals surface area (Å²) in [5.74, 6) is 0.959. The number of nitrogens with zero attached hydrogens (tertiary/aromatic N) is 1. The van der Waals surface area contributed by atoms with Gasteiger partial charge in [-0.1, -0.05) is 30.0 Å². The Labute approximate surface area is 110 Å². The molecule has 2 unspecified atom stereocenters. The number of para-hydroxylation sites is 1. The minimum absolute atomic E-state index is 0.242. The molecule has 0 amide bonds. The van der Waals surface area contributed by atoms with Crippen LogP contribution in [0, 0.1) is 0 Å². The summed E-state index contributed by atoms with van der Waals surface area (Å²) in [7, 11) is 1.97. The molecule has 3 rings (SSSR count). The standard InChI is InChI=1S/C13H14N2O2S/c1-14-12-9-4-2-3-5-10(9)17-8-11(12)18-13-15-6-7-16-13/h2-7,11-12,14H,8H2,1H3. The molecule has 0 radical (unpaired) electrons. The molecule has 2 aromatic rings. The summed E-state index contributed by atoms with van der Waals surface area (Å²) in [6.45, 7) is 0.648. The molecule has 1 aromatic heterocycles. The van der Waals surface area contributed by atoms with E-state index in [4.69, 9.17) is 9.15 Å². The Morgan fingerprint density at radius 1 is 1.39 bits per heavy atom. The van der Waals surface area contributed by atoms with Crippen LogP contribution in [0.15, 0.2) is 46.4 Å². The first-order valence-corrected chi connectivity index (χ1v) is 6.71. The van der Waals surface area contributed by atoms with Gasteiger partial charge in [-0.15, -0.1) is 0 Å². The predicted molar refractivity (Wildman–Crippen MR) is 69.9 cm³/mol. The molecular formula is C13H14N2O2S. The number of ether oxygens (including phenoxy) is 1. The van der Waals surface area contributed by atoms with Crippen LogP contribution in [0.2, 0.25) is 0 Å². The summed E-state index contributed by atoms with van der Waals surface area (Å²) in [4.78, 5) is 4.15. The zero-order valence-corrected chi connectivity index (χ0v) is 10.8. The molecule has 18 heavy (non-hydrogen) atoms. The Morgan fingerprint density at radius 3 is 3.06 bits per heavy atom. The number of rotatable bonds is 3. The fourth-order valence-corrected chi connectivity index (χ4v) is 3.23. The number of nitrogens with one attached hydrogen (secondary N) is 1. The Bertz CT molecular complexity index is 515. The molecular weight excluding hydrogens is 248 g/mol. The molecule has 1 aliphatic rings. The quantitative estimate of drug-likeness (QED) is 0.921. The van der Waals surface area contributed by atoms with E-state index in [0.29, 0.717) is 11.8 Å². The van der Waals surface area contributed by atoms with E-state index < -0.39 is 0 Å². The third-order valence-electron chi connectivity index (χ3n) is 3.00. The number of hydrogen-bond donors (Lipinski definition) is 1. The summed E-state index contributed by atoms with van der Waals surface area (Å²) in [6.07, 6.45) is 3.25. The zero-order valence-electron chi connectivity index (χ0n) is 10.00. The van der Waals surface area contributed by atoms with Crippen LogP contribution in [-0.2, 0) is 0 Å². The normalized spacial score (nSPS) is 22.3. The highest BCUT2D eigenvalue weighted by atomic mass is 32.2. The summed E-state index contributed by atoms with van der Waals surface area (Å²) < 4.78 is 11.1. The van der Waals surface area contributed by atoms with Gasteiger partial charge in [0.1, 0.15) is 18.6 Å². The van der Waals surface area contributed by atoms with Gasteiger partial charge in [0.25, 0.3) is 5.22 Å². The third-order valence-corrected chi connectivity index (χ3v) is 4.12. The van der Waals surface area contributed by atoms with Crippen LogP contribution in [0.1, 0.15) is 11.6 Å². The fourth-order valence-electron chi connectivity index (χ4n) is 2.18. The van der Waals surface area contributed by atoms with Crippen LogP contribution in [-0.4, -0.2) is 23.9 Å². The number of hydrogen-bond acceptors (Lipinski definition) is 5. The molecule has 2 atom stereocenters. The van der Waals surface area contributed by atoms with Crippen LogP contribution < -0.4 is 10.1 Å². The summed E-state index contributed by atoms with van der Waals surface area (Å²) in [5.41, 5.74) is 1.19. The number of thioether (sulfide) groups is 1. The monoisotopic (exact) mass is 262 g/mol. The smallest absolute Gasteiger partial charge is 0.255 e. The molecule has 0 bridgehead atoms. The van der Waals surface area contributed by atoms with Gasteiger partial charge in [-0.05, 0) is 13.1 Å². The van der Waals surface area contributed by atoms with E-state index in [1.165, 1.54) is 5.56 Å². The van der Waals surface area contributed by atoms with Crippen LogP contribution in [0.4, 0.5) is 0 Å². The molecule has 5 heteroatoms. The summed E-state index contributed by atoms with van der Waals surface area (Å²) in [6, 6.07) is 8.37. The Morgan fingerprint density at radius 2 is 2.28 bits per heavy atom. The van der Waals surface area contributed by atoms with Crippen molar-refractivity contribution in [2.24, 2.45) is 0 Å². The van der Waals surface area contributed by atoms with E-state index in [2.05, 4.69) is 16.4 Å². The average molecular weight is 262 g/mol. The SMILES string of the molecule is CNC1c2ccccc2OCC1Sc1ncco1. The lowest BCUT2D eigenvalue weighted by Gasteiger charge is -2.32. The molecule has 0 fully saturated rings. The molecule has 1 N–H and O–H groups in total. The topological polar surface area (TPSA) is 47.3 Å². The van der Waals surface area contributed by atoms with Crippen molar-refractivity contribution in [3.63, 3.8) is 0 Å².